The maximum atomic E-state index is 12.6. The molecule has 0 atom stereocenters. The molecule has 0 saturated carbocycles. The summed E-state index contributed by atoms with van der Waals surface area (Å²) in [5.41, 5.74) is 1.41. The van der Waals surface area contributed by atoms with E-state index in [-0.39, 0.29) is 6.61 Å². The molecule has 0 bridgehead atoms. The van der Waals surface area contributed by atoms with Crippen molar-refractivity contribution in [2.24, 2.45) is 14.1 Å². The lowest BCUT2D eigenvalue weighted by Gasteiger charge is -2.12. The molecule has 0 radical (unpaired) electrons. The summed E-state index contributed by atoms with van der Waals surface area (Å²) in [6, 6.07) is 17.7. The highest BCUT2D eigenvalue weighted by atomic mass is 32.2. The molecule has 8 heteroatoms. The van der Waals surface area contributed by atoms with E-state index in [1.165, 1.54) is 36.5 Å². The Morgan fingerprint density at radius 2 is 1.77 bits per heavy atom. The molecule has 0 aliphatic carbocycles. The van der Waals surface area contributed by atoms with Crippen LogP contribution in [0.15, 0.2) is 69.1 Å². The molecule has 0 N–H and O–H groups in total. The van der Waals surface area contributed by atoms with E-state index in [4.69, 9.17) is 10.00 Å². The fraction of sp³-hybridized carbons (Fsp3) is 0.182. The van der Waals surface area contributed by atoms with Crippen LogP contribution in [0.25, 0.3) is 0 Å². The first-order valence-electron chi connectivity index (χ1n) is 9.04. The van der Waals surface area contributed by atoms with Gasteiger partial charge in [-0.3, -0.25) is 13.9 Å². The monoisotopic (exact) mass is 421 g/mol. The lowest BCUT2D eigenvalue weighted by atomic mass is 10.2. The Morgan fingerprint density at radius 1 is 1.07 bits per heavy atom. The predicted octanol–water partition coefficient (Wildman–Crippen LogP) is 2.60. The Balaban J connectivity index is 1.72. The van der Waals surface area contributed by atoms with Crippen LogP contribution in [-0.2, 0) is 31.2 Å². The highest BCUT2D eigenvalue weighted by Gasteiger charge is 2.15. The van der Waals surface area contributed by atoms with Crippen LogP contribution < -0.4 is 11.2 Å². The van der Waals surface area contributed by atoms with Gasteiger partial charge in [-0.2, -0.15) is 5.26 Å². The number of carbonyl (C=O) groups is 1. The summed E-state index contributed by atoms with van der Waals surface area (Å²) in [6.45, 7) is -0.185. The third-order valence-electron chi connectivity index (χ3n) is 4.56. The molecule has 7 nitrogen and oxygen atoms in total. The van der Waals surface area contributed by atoms with E-state index in [0.29, 0.717) is 22.6 Å². The number of hydrogen-bond acceptors (Lipinski definition) is 6. The number of aromatic nitrogens is 2. The van der Waals surface area contributed by atoms with Gasteiger partial charge >= 0.3 is 11.7 Å². The lowest BCUT2D eigenvalue weighted by Crippen LogP contribution is -2.38. The predicted molar refractivity (Wildman–Crippen MR) is 113 cm³/mol. The summed E-state index contributed by atoms with van der Waals surface area (Å²) in [4.78, 5) is 37.2. The van der Waals surface area contributed by atoms with E-state index in [0.717, 1.165) is 15.0 Å². The van der Waals surface area contributed by atoms with Gasteiger partial charge in [-0.25, -0.2) is 9.59 Å². The molecule has 0 unspecified atom stereocenters. The van der Waals surface area contributed by atoms with Crippen molar-refractivity contribution in [3.63, 3.8) is 0 Å². The van der Waals surface area contributed by atoms with Gasteiger partial charge in [-0.15, -0.1) is 11.8 Å². The molecule has 0 aliphatic heterocycles. The van der Waals surface area contributed by atoms with Gasteiger partial charge in [0.25, 0.3) is 5.56 Å². The molecule has 0 spiro atoms. The number of thioether (sulfide) groups is 1. The van der Waals surface area contributed by atoms with Crippen molar-refractivity contribution in [1.29, 1.82) is 5.26 Å². The largest absolute Gasteiger partial charge is 0.456 e. The number of nitriles is 1. The lowest BCUT2D eigenvalue weighted by molar-refractivity contribution is 0.0458. The normalized spacial score (nSPS) is 10.4. The van der Waals surface area contributed by atoms with Crippen molar-refractivity contribution in [3.8, 4) is 6.07 Å². The maximum Gasteiger partial charge on any atom is 0.339 e. The minimum atomic E-state index is -0.536. The van der Waals surface area contributed by atoms with Crippen LogP contribution in [0.3, 0.4) is 0 Å². The molecule has 152 valence electrons. The standard InChI is InChI=1S/C22H19N3O4S/c1-24-17(11-20(26)25(2)22(24)28)13-29-21(27)18-5-3-4-6-19(18)30-14-16-9-7-15(12-23)8-10-16/h3-11H,13-14H2,1-2H3. The van der Waals surface area contributed by atoms with Crippen LogP contribution in [0.5, 0.6) is 0 Å². The summed E-state index contributed by atoms with van der Waals surface area (Å²) >= 11 is 1.48. The van der Waals surface area contributed by atoms with Crippen LogP contribution in [0, 0.1) is 11.3 Å². The second-order valence-electron chi connectivity index (χ2n) is 6.54. The van der Waals surface area contributed by atoms with E-state index in [1.807, 2.05) is 24.3 Å². The number of esters is 1. The minimum Gasteiger partial charge on any atom is -0.456 e. The van der Waals surface area contributed by atoms with Crippen LogP contribution >= 0.6 is 11.8 Å². The van der Waals surface area contributed by atoms with Gasteiger partial charge in [0.05, 0.1) is 22.9 Å². The SMILES string of the molecule is Cn1c(COC(=O)c2ccccc2SCc2ccc(C#N)cc2)cc(=O)n(C)c1=O. The Kier molecular flexibility index (Phi) is 6.54. The zero-order chi connectivity index (χ0) is 21.7. The maximum absolute atomic E-state index is 12.6. The highest BCUT2D eigenvalue weighted by molar-refractivity contribution is 7.98. The molecule has 2 aromatic carbocycles. The Labute approximate surface area is 177 Å². The van der Waals surface area contributed by atoms with E-state index in [2.05, 4.69) is 6.07 Å². The van der Waals surface area contributed by atoms with Gasteiger partial charge in [-0.1, -0.05) is 24.3 Å². The minimum absolute atomic E-state index is 0.185. The van der Waals surface area contributed by atoms with E-state index >= 15 is 0 Å². The van der Waals surface area contributed by atoms with Crippen LogP contribution in [0.2, 0.25) is 0 Å². The van der Waals surface area contributed by atoms with Crippen LogP contribution in [-0.4, -0.2) is 15.1 Å². The van der Waals surface area contributed by atoms with E-state index in [9.17, 15) is 14.4 Å². The van der Waals surface area contributed by atoms with Gasteiger partial charge in [0.15, 0.2) is 0 Å². The zero-order valence-electron chi connectivity index (χ0n) is 16.5. The Morgan fingerprint density at radius 3 is 2.47 bits per heavy atom. The summed E-state index contributed by atoms with van der Waals surface area (Å²) < 4.78 is 7.64. The van der Waals surface area contributed by atoms with Crippen molar-refractivity contribution < 1.29 is 9.53 Å². The first-order chi connectivity index (χ1) is 14.4. The number of benzene rings is 2. The second kappa shape index (κ2) is 9.29. The van der Waals surface area contributed by atoms with Crippen molar-refractivity contribution in [2.45, 2.75) is 17.3 Å². The summed E-state index contributed by atoms with van der Waals surface area (Å²) in [7, 11) is 2.91. The Hall–Kier alpha value is -3.57. The fourth-order valence-electron chi connectivity index (χ4n) is 2.73. The second-order valence-corrected chi connectivity index (χ2v) is 7.56. The quantitative estimate of drug-likeness (QED) is 0.449. The fourth-order valence-corrected chi connectivity index (χ4v) is 3.73. The molecule has 0 aliphatic rings. The van der Waals surface area contributed by atoms with Crippen LogP contribution in [0.1, 0.15) is 27.2 Å². The molecular weight excluding hydrogens is 402 g/mol. The summed E-state index contributed by atoms with van der Waals surface area (Å²) in [5.74, 6) is 0.0882. The van der Waals surface area contributed by atoms with Crippen molar-refractivity contribution in [2.75, 3.05) is 0 Å². The van der Waals surface area contributed by atoms with Gasteiger partial charge in [-0.05, 0) is 29.8 Å². The van der Waals surface area contributed by atoms with Crippen molar-refractivity contribution in [3.05, 3.63) is 97.8 Å². The van der Waals surface area contributed by atoms with E-state index in [1.54, 1.807) is 24.3 Å². The number of ether oxygens (including phenoxy) is 1. The first kappa shape index (κ1) is 21.1. The molecule has 0 amide bonds. The zero-order valence-corrected chi connectivity index (χ0v) is 17.3. The molecule has 30 heavy (non-hydrogen) atoms. The third-order valence-corrected chi connectivity index (χ3v) is 5.71. The Bertz CT molecular complexity index is 1240. The smallest absolute Gasteiger partial charge is 0.339 e. The first-order valence-corrected chi connectivity index (χ1v) is 10.0. The highest BCUT2D eigenvalue weighted by Crippen LogP contribution is 2.27. The molecule has 0 saturated heterocycles. The van der Waals surface area contributed by atoms with Gasteiger partial charge < -0.3 is 4.74 Å². The van der Waals surface area contributed by atoms with Gasteiger partial charge in [0.2, 0.25) is 0 Å². The molecule has 1 heterocycles. The molecule has 3 aromatic rings. The van der Waals surface area contributed by atoms with Crippen molar-refractivity contribution in [1.82, 2.24) is 9.13 Å². The average molecular weight is 421 g/mol. The average Bonchev–Trinajstić information content (AvgIpc) is 2.78. The third kappa shape index (κ3) is 4.70. The van der Waals surface area contributed by atoms with Gasteiger partial charge in [0.1, 0.15) is 6.61 Å². The molecule has 3 rings (SSSR count). The number of rotatable bonds is 6. The van der Waals surface area contributed by atoms with E-state index < -0.39 is 17.2 Å². The topological polar surface area (TPSA) is 94.1 Å². The number of nitrogens with zero attached hydrogens (tertiary/aromatic N) is 3. The van der Waals surface area contributed by atoms with Crippen LogP contribution in [0.4, 0.5) is 0 Å². The van der Waals surface area contributed by atoms with Crippen molar-refractivity contribution >= 4 is 17.7 Å². The summed E-state index contributed by atoms with van der Waals surface area (Å²) in [6.07, 6.45) is 0. The molecular formula is C22H19N3O4S. The van der Waals surface area contributed by atoms with Gasteiger partial charge in [0, 0.05) is 30.8 Å². The summed E-state index contributed by atoms with van der Waals surface area (Å²) in [5, 5.41) is 8.88. The number of hydrogen-bond donors (Lipinski definition) is 0. The molecule has 1 aromatic heterocycles. The molecule has 0 fully saturated rings. The number of carbonyl (C=O) groups excluding carboxylic acids is 1.